The van der Waals surface area contributed by atoms with Gasteiger partial charge in [0.05, 0.1) is 11.4 Å². The molecule has 6 heteroatoms. The Balaban J connectivity index is 2.31. The van der Waals surface area contributed by atoms with E-state index in [0.29, 0.717) is 11.5 Å². The summed E-state index contributed by atoms with van der Waals surface area (Å²) in [5.41, 5.74) is 9.43. The first kappa shape index (κ1) is 14.7. The Labute approximate surface area is 127 Å². The first-order chi connectivity index (χ1) is 9.52. The van der Waals surface area contributed by atoms with Crippen molar-refractivity contribution in [1.29, 1.82) is 0 Å². The minimum atomic E-state index is 0.566. The predicted octanol–water partition coefficient (Wildman–Crippen LogP) is 4.67. The van der Waals surface area contributed by atoms with Crippen molar-refractivity contribution in [3.8, 4) is 0 Å². The maximum Gasteiger partial charge on any atom is 0.150 e. The van der Waals surface area contributed by atoms with Gasteiger partial charge in [-0.25, -0.2) is 4.68 Å². The monoisotopic (exact) mass is 335 g/mol. The molecule has 0 saturated heterocycles. The SMILES string of the molecule is CCCn1nc(C)c(N=Nc2ccc(C)cc2Br)c1N. The van der Waals surface area contributed by atoms with Crippen LogP contribution < -0.4 is 5.73 Å². The predicted molar refractivity (Wildman–Crippen MR) is 84.7 cm³/mol. The van der Waals surface area contributed by atoms with Gasteiger partial charge in [-0.2, -0.15) is 5.10 Å². The van der Waals surface area contributed by atoms with Crippen molar-refractivity contribution in [2.24, 2.45) is 10.2 Å². The maximum absolute atomic E-state index is 6.05. The quantitative estimate of drug-likeness (QED) is 0.824. The molecule has 2 rings (SSSR count). The molecule has 20 heavy (non-hydrogen) atoms. The minimum absolute atomic E-state index is 0.566. The number of halogens is 1. The number of nitrogen functional groups attached to an aromatic ring is 1. The van der Waals surface area contributed by atoms with E-state index in [2.05, 4.69) is 38.2 Å². The van der Waals surface area contributed by atoms with Crippen molar-refractivity contribution in [3.05, 3.63) is 33.9 Å². The molecule has 1 heterocycles. The largest absolute Gasteiger partial charge is 0.382 e. The lowest BCUT2D eigenvalue weighted by Crippen LogP contribution is -2.03. The van der Waals surface area contributed by atoms with E-state index in [0.717, 1.165) is 28.8 Å². The van der Waals surface area contributed by atoms with Gasteiger partial charge in [-0.3, -0.25) is 0 Å². The molecular formula is C14H18BrN5. The fourth-order valence-electron chi connectivity index (χ4n) is 1.89. The van der Waals surface area contributed by atoms with Crippen molar-refractivity contribution in [2.45, 2.75) is 33.7 Å². The third-order valence-corrected chi connectivity index (χ3v) is 3.57. The topological polar surface area (TPSA) is 68.6 Å². The molecule has 0 fully saturated rings. The van der Waals surface area contributed by atoms with Crippen molar-refractivity contribution in [1.82, 2.24) is 9.78 Å². The summed E-state index contributed by atoms with van der Waals surface area (Å²) in [4.78, 5) is 0. The summed E-state index contributed by atoms with van der Waals surface area (Å²) in [6, 6.07) is 5.92. The molecule has 0 saturated carbocycles. The second-order valence-electron chi connectivity index (χ2n) is 4.70. The number of aryl methyl sites for hydroxylation is 3. The number of rotatable bonds is 4. The van der Waals surface area contributed by atoms with E-state index in [1.54, 1.807) is 4.68 Å². The zero-order valence-corrected chi connectivity index (χ0v) is 13.5. The molecule has 0 atom stereocenters. The number of hydrogen-bond donors (Lipinski definition) is 1. The van der Waals surface area contributed by atoms with Crippen LogP contribution in [0.15, 0.2) is 32.9 Å². The number of nitrogens with two attached hydrogens (primary N) is 1. The molecule has 0 aliphatic rings. The lowest BCUT2D eigenvalue weighted by Gasteiger charge is -2.00. The molecule has 1 aromatic heterocycles. The third kappa shape index (κ3) is 3.07. The van der Waals surface area contributed by atoms with Crippen LogP contribution in [0.25, 0.3) is 0 Å². The van der Waals surface area contributed by atoms with Crippen molar-refractivity contribution < 1.29 is 0 Å². The second-order valence-corrected chi connectivity index (χ2v) is 5.55. The zero-order chi connectivity index (χ0) is 14.7. The zero-order valence-electron chi connectivity index (χ0n) is 11.9. The van der Waals surface area contributed by atoms with Crippen LogP contribution in [0, 0.1) is 13.8 Å². The molecule has 0 spiro atoms. The summed E-state index contributed by atoms with van der Waals surface area (Å²) >= 11 is 3.48. The van der Waals surface area contributed by atoms with Crippen LogP contribution in [0.1, 0.15) is 24.6 Å². The van der Waals surface area contributed by atoms with E-state index in [1.165, 1.54) is 5.56 Å². The third-order valence-electron chi connectivity index (χ3n) is 2.93. The Morgan fingerprint density at radius 2 is 2.05 bits per heavy atom. The van der Waals surface area contributed by atoms with Crippen molar-refractivity contribution in [2.75, 3.05) is 5.73 Å². The molecule has 1 aromatic carbocycles. The van der Waals surface area contributed by atoms with Gasteiger partial charge >= 0.3 is 0 Å². The van der Waals surface area contributed by atoms with E-state index >= 15 is 0 Å². The molecule has 106 valence electrons. The Kier molecular flexibility index (Phi) is 4.54. The van der Waals surface area contributed by atoms with E-state index in [1.807, 2.05) is 32.0 Å². The van der Waals surface area contributed by atoms with E-state index < -0.39 is 0 Å². The highest BCUT2D eigenvalue weighted by atomic mass is 79.9. The van der Waals surface area contributed by atoms with Gasteiger partial charge in [0.25, 0.3) is 0 Å². The van der Waals surface area contributed by atoms with Gasteiger partial charge in [0.15, 0.2) is 5.69 Å². The number of aromatic nitrogens is 2. The number of azo groups is 1. The van der Waals surface area contributed by atoms with Gasteiger partial charge in [0, 0.05) is 11.0 Å². The van der Waals surface area contributed by atoms with Gasteiger partial charge in [0.1, 0.15) is 5.82 Å². The average molecular weight is 336 g/mol. The summed E-state index contributed by atoms with van der Waals surface area (Å²) in [5, 5.41) is 12.9. The highest BCUT2D eigenvalue weighted by molar-refractivity contribution is 9.10. The highest BCUT2D eigenvalue weighted by Gasteiger charge is 2.11. The van der Waals surface area contributed by atoms with Crippen LogP contribution in [0.4, 0.5) is 17.2 Å². The molecule has 0 aliphatic heterocycles. The molecule has 0 unspecified atom stereocenters. The normalized spacial score (nSPS) is 11.4. The first-order valence-electron chi connectivity index (χ1n) is 6.53. The number of hydrogen-bond acceptors (Lipinski definition) is 4. The number of benzene rings is 1. The smallest absolute Gasteiger partial charge is 0.150 e. The Bertz CT molecular complexity index is 645. The van der Waals surface area contributed by atoms with E-state index in [4.69, 9.17) is 5.73 Å². The highest BCUT2D eigenvalue weighted by Crippen LogP contribution is 2.31. The summed E-state index contributed by atoms with van der Waals surface area (Å²) in [7, 11) is 0. The van der Waals surface area contributed by atoms with Crippen LogP contribution >= 0.6 is 15.9 Å². The molecule has 5 nitrogen and oxygen atoms in total. The van der Waals surface area contributed by atoms with Crippen LogP contribution in [0.5, 0.6) is 0 Å². The molecular weight excluding hydrogens is 318 g/mol. The molecule has 0 aliphatic carbocycles. The van der Waals surface area contributed by atoms with Crippen molar-refractivity contribution >= 4 is 33.1 Å². The summed E-state index contributed by atoms with van der Waals surface area (Å²) in [5.74, 6) is 0.566. The Morgan fingerprint density at radius 3 is 2.70 bits per heavy atom. The molecule has 2 N–H and O–H groups in total. The van der Waals surface area contributed by atoms with Gasteiger partial charge in [-0.05, 0) is 53.9 Å². The van der Waals surface area contributed by atoms with Gasteiger partial charge in [-0.15, -0.1) is 10.2 Å². The summed E-state index contributed by atoms with van der Waals surface area (Å²) in [6.07, 6.45) is 0.978. The van der Waals surface area contributed by atoms with Gasteiger partial charge in [0.2, 0.25) is 0 Å². The standard InChI is InChI=1S/C14H18BrN5/c1-4-7-20-14(16)13(10(3)19-20)18-17-12-6-5-9(2)8-11(12)15/h5-6,8H,4,7,16H2,1-3H3. The summed E-state index contributed by atoms with van der Waals surface area (Å²) < 4.78 is 2.69. The molecule has 0 bridgehead atoms. The summed E-state index contributed by atoms with van der Waals surface area (Å²) in [6.45, 7) is 6.79. The van der Waals surface area contributed by atoms with Crippen molar-refractivity contribution in [3.63, 3.8) is 0 Å². The van der Waals surface area contributed by atoms with E-state index in [9.17, 15) is 0 Å². The maximum atomic E-state index is 6.05. The molecule has 2 aromatic rings. The van der Waals surface area contributed by atoms with Crippen LogP contribution in [-0.4, -0.2) is 9.78 Å². The van der Waals surface area contributed by atoms with Crippen LogP contribution in [0.3, 0.4) is 0 Å². The van der Waals surface area contributed by atoms with Gasteiger partial charge < -0.3 is 5.73 Å². The Hall–Kier alpha value is -1.69. The lowest BCUT2D eigenvalue weighted by molar-refractivity contribution is 0.606. The fourth-order valence-corrected chi connectivity index (χ4v) is 2.47. The lowest BCUT2D eigenvalue weighted by atomic mass is 10.2. The second kappa shape index (κ2) is 6.17. The Morgan fingerprint density at radius 1 is 1.30 bits per heavy atom. The average Bonchev–Trinajstić information content (AvgIpc) is 2.65. The molecule has 0 amide bonds. The number of nitrogens with zero attached hydrogens (tertiary/aromatic N) is 4. The minimum Gasteiger partial charge on any atom is -0.382 e. The first-order valence-corrected chi connectivity index (χ1v) is 7.33. The molecule has 0 radical (unpaired) electrons. The van der Waals surface area contributed by atoms with E-state index in [-0.39, 0.29) is 0 Å². The van der Waals surface area contributed by atoms with Crippen LogP contribution in [-0.2, 0) is 6.54 Å². The number of anilines is 1. The van der Waals surface area contributed by atoms with Crippen LogP contribution in [0.2, 0.25) is 0 Å². The van der Waals surface area contributed by atoms with Gasteiger partial charge in [-0.1, -0.05) is 13.0 Å². The fraction of sp³-hybridized carbons (Fsp3) is 0.357.